The zero-order chi connectivity index (χ0) is 12.3. The van der Waals surface area contributed by atoms with E-state index in [2.05, 4.69) is 60.1 Å². The van der Waals surface area contributed by atoms with Crippen molar-refractivity contribution in [1.82, 2.24) is 4.98 Å². The van der Waals surface area contributed by atoms with Crippen LogP contribution in [0.25, 0.3) is 0 Å². The second-order valence-corrected chi connectivity index (χ2v) is 4.24. The molecule has 0 atom stereocenters. The largest absolute Gasteiger partial charge is 0.342 e. The molecule has 0 amide bonds. The van der Waals surface area contributed by atoms with Gasteiger partial charge in [-0.05, 0) is 45.0 Å². The van der Waals surface area contributed by atoms with Gasteiger partial charge in [-0.15, -0.1) is 0 Å². The Bertz CT molecular complexity index is 489. The Morgan fingerprint density at radius 1 is 1.00 bits per heavy atom. The number of hydrogen-bond donors (Lipinski definition) is 0. The van der Waals surface area contributed by atoms with E-state index in [0.717, 1.165) is 12.2 Å². The Kier molecular flexibility index (Phi) is 3.43. The smallest absolute Gasteiger partial charge is 0.0444 e. The van der Waals surface area contributed by atoms with E-state index in [1.165, 1.54) is 16.9 Å². The fraction of sp³-hybridized carbons (Fsp3) is 0.267. The fourth-order valence-electron chi connectivity index (χ4n) is 1.94. The van der Waals surface area contributed by atoms with E-state index in [-0.39, 0.29) is 0 Å². The first-order chi connectivity index (χ1) is 8.20. The third kappa shape index (κ3) is 2.64. The van der Waals surface area contributed by atoms with E-state index < -0.39 is 0 Å². The molecule has 0 saturated heterocycles. The van der Waals surface area contributed by atoms with Crippen LogP contribution < -0.4 is 4.90 Å². The zero-order valence-corrected chi connectivity index (χ0v) is 10.6. The number of benzene rings is 1. The van der Waals surface area contributed by atoms with Gasteiger partial charge in [0.25, 0.3) is 0 Å². The highest BCUT2D eigenvalue weighted by Gasteiger charge is 2.06. The number of rotatable bonds is 3. The molecule has 0 radical (unpaired) electrons. The van der Waals surface area contributed by atoms with Gasteiger partial charge >= 0.3 is 0 Å². The van der Waals surface area contributed by atoms with Crippen LogP contribution in [0.15, 0.2) is 42.6 Å². The van der Waals surface area contributed by atoms with E-state index in [9.17, 15) is 0 Å². The van der Waals surface area contributed by atoms with E-state index in [0.29, 0.717) is 0 Å². The van der Waals surface area contributed by atoms with Crippen molar-refractivity contribution in [1.29, 1.82) is 0 Å². The lowest BCUT2D eigenvalue weighted by atomic mass is 10.2. The molecule has 2 nitrogen and oxygen atoms in total. The molecular weight excluding hydrogens is 208 g/mol. The number of aromatic nitrogens is 1. The lowest BCUT2D eigenvalue weighted by Gasteiger charge is -2.23. The van der Waals surface area contributed by atoms with Crippen LogP contribution >= 0.6 is 0 Å². The molecule has 0 aliphatic rings. The van der Waals surface area contributed by atoms with Crippen LogP contribution in [0.4, 0.5) is 11.4 Å². The molecule has 1 aromatic heterocycles. The summed E-state index contributed by atoms with van der Waals surface area (Å²) in [5.74, 6) is 0. The van der Waals surface area contributed by atoms with Crippen molar-refractivity contribution in [3.63, 3.8) is 0 Å². The van der Waals surface area contributed by atoms with E-state index in [1.807, 2.05) is 13.1 Å². The number of pyridine rings is 1. The standard InChI is InChI=1S/C15H18N2/c1-4-17(14-7-5-12(2)6-8-14)15-9-10-16-13(3)11-15/h5-11H,4H2,1-3H3. The predicted octanol–water partition coefficient (Wildman–Crippen LogP) is 3.86. The Hall–Kier alpha value is -1.83. The molecule has 2 aromatic rings. The summed E-state index contributed by atoms with van der Waals surface area (Å²) < 4.78 is 0. The monoisotopic (exact) mass is 226 g/mol. The van der Waals surface area contributed by atoms with Crippen LogP contribution in [0, 0.1) is 13.8 Å². The Labute approximate surface area is 103 Å². The SMILES string of the molecule is CCN(c1ccc(C)cc1)c1ccnc(C)c1. The molecular formula is C15H18N2. The Morgan fingerprint density at radius 2 is 1.71 bits per heavy atom. The van der Waals surface area contributed by atoms with Crippen LogP contribution in [-0.4, -0.2) is 11.5 Å². The summed E-state index contributed by atoms with van der Waals surface area (Å²) in [6.45, 7) is 7.24. The first kappa shape index (κ1) is 11.6. The van der Waals surface area contributed by atoms with E-state index in [1.54, 1.807) is 0 Å². The summed E-state index contributed by atoms with van der Waals surface area (Å²) >= 11 is 0. The van der Waals surface area contributed by atoms with Gasteiger partial charge in [0.2, 0.25) is 0 Å². The van der Waals surface area contributed by atoms with Crippen molar-refractivity contribution in [3.05, 3.63) is 53.9 Å². The quantitative estimate of drug-likeness (QED) is 0.790. The van der Waals surface area contributed by atoms with Gasteiger partial charge in [0, 0.05) is 29.8 Å². The lowest BCUT2D eigenvalue weighted by molar-refractivity contribution is 1.01. The molecule has 1 aromatic carbocycles. The number of hydrogen-bond acceptors (Lipinski definition) is 2. The average molecular weight is 226 g/mol. The number of aryl methyl sites for hydroxylation is 2. The normalized spacial score (nSPS) is 10.3. The Morgan fingerprint density at radius 3 is 2.29 bits per heavy atom. The maximum Gasteiger partial charge on any atom is 0.0444 e. The van der Waals surface area contributed by atoms with Gasteiger partial charge in [-0.1, -0.05) is 17.7 Å². The van der Waals surface area contributed by atoms with Crippen LogP contribution in [0.1, 0.15) is 18.2 Å². The van der Waals surface area contributed by atoms with Crippen molar-refractivity contribution in [2.24, 2.45) is 0 Å². The third-order valence-corrected chi connectivity index (χ3v) is 2.85. The second-order valence-electron chi connectivity index (χ2n) is 4.24. The van der Waals surface area contributed by atoms with Gasteiger partial charge in [-0.3, -0.25) is 4.98 Å². The van der Waals surface area contributed by atoms with Gasteiger partial charge in [0.15, 0.2) is 0 Å². The molecule has 0 saturated carbocycles. The molecule has 88 valence electrons. The van der Waals surface area contributed by atoms with Gasteiger partial charge in [0.1, 0.15) is 0 Å². The van der Waals surface area contributed by atoms with Gasteiger partial charge in [0.05, 0.1) is 0 Å². The molecule has 2 heteroatoms. The summed E-state index contributed by atoms with van der Waals surface area (Å²) in [5, 5.41) is 0. The lowest BCUT2D eigenvalue weighted by Crippen LogP contribution is -2.16. The summed E-state index contributed by atoms with van der Waals surface area (Å²) in [7, 11) is 0. The average Bonchev–Trinajstić information content (AvgIpc) is 2.33. The van der Waals surface area contributed by atoms with Crippen molar-refractivity contribution < 1.29 is 0 Å². The highest BCUT2D eigenvalue weighted by molar-refractivity contribution is 5.63. The molecule has 0 aliphatic carbocycles. The predicted molar refractivity (Wildman–Crippen MR) is 72.8 cm³/mol. The highest BCUT2D eigenvalue weighted by Crippen LogP contribution is 2.25. The van der Waals surface area contributed by atoms with E-state index >= 15 is 0 Å². The van der Waals surface area contributed by atoms with Crippen LogP contribution in [0.3, 0.4) is 0 Å². The zero-order valence-electron chi connectivity index (χ0n) is 10.6. The van der Waals surface area contributed by atoms with Crippen LogP contribution in [0.5, 0.6) is 0 Å². The van der Waals surface area contributed by atoms with Gasteiger partial charge < -0.3 is 4.90 Å². The minimum absolute atomic E-state index is 0.951. The van der Waals surface area contributed by atoms with Crippen molar-refractivity contribution in [2.75, 3.05) is 11.4 Å². The summed E-state index contributed by atoms with van der Waals surface area (Å²) in [6.07, 6.45) is 1.86. The summed E-state index contributed by atoms with van der Waals surface area (Å²) in [4.78, 5) is 6.52. The number of nitrogens with zero attached hydrogens (tertiary/aromatic N) is 2. The van der Waals surface area contributed by atoms with Gasteiger partial charge in [-0.25, -0.2) is 0 Å². The molecule has 2 rings (SSSR count). The van der Waals surface area contributed by atoms with Crippen LogP contribution in [-0.2, 0) is 0 Å². The molecule has 17 heavy (non-hydrogen) atoms. The van der Waals surface area contributed by atoms with Crippen LogP contribution in [0.2, 0.25) is 0 Å². The number of anilines is 2. The minimum Gasteiger partial charge on any atom is -0.342 e. The topological polar surface area (TPSA) is 16.1 Å². The molecule has 0 bridgehead atoms. The molecule has 0 unspecified atom stereocenters. The molecule has 0 N–H and O–H groups in total. The van der Waals surface area contributed by atoms with Crippen molar-refractivity contribution in [3.8, 4) is 0 Å². The maximum atomic E-state index is 4.24. The third-order valence-electron chi connectivity index (χ3n) is 2.85. The second kappa shape index (κ2) is 5.00. The minimum atomic E-state index is 0.951. The van der Waals surface area contributed by atoms with Gasteiger partial charge in [-0.2, -0.15) is 0 Å². The van der Waals surface area contributed by atoms with E-state index in [4.69, 9.17) is 0 Å². The molecule has 0 aliphatic heterocycles. The first-order valence-electron chi connectivity index (χ1n) is 5.97. The Balaban J connectivity index is 2.36. The molecule has 0 spiro atoms. The van der Waals surface area contributed by atoms with Crippen molar-refractivity contribution >= 4 is 11.4 Å². The van der Waals surface area contributed by atoms with Crippen molar-refractivity contribution in [2.45, 2.75) is 20.8 Å². The molecule has 0 fully saturated rings. The highest BCUT2D eigenvalue weighted by atomic mass is 15.1. The summed E-state index contributed by atoms with van der Waals surface area (Å²) in [6, 6.07) is 12.8. The maximum absolute atomic E-state index is 4.24. The first-order valence-corrected chi connectivity index (χ1v) is 5.97. The summed E-state index contributed by atoms with van der Waals surface area (Å²) in [5.41, 5.74) is 4.76. The fourth-order valence-corrected chi connectivity index (χ4v) is 1.94. The molecule has 1 heterocycles.